The van der Waals surface area contributed by atoms with Gasteiger partial charge in [-0.25, -0.2) is 9.59 Å². The van der Waals surface area contributed by atoms with Crippen LogP contribution < -0.4 is 10.6 Å². The summed E-state index contributed by atoms with van der Waals surface area (Å²) in [6.45, 7) is 0.915. The summed E-state index contributed by atoms with van der Waals surface area (Å²) in [6, 6.07) is 26.4. The summed E-state index contributed by atoms with van der Waals surface area (Å²) in [7, 11) is 3.39. The first-order valence-electron chi connectivity index (χ1n) is 13.7. The average Bonchev–Trinajstić information content (AvgIpc) is 3.52. The number of nitrogens with zero attached hydrogens (tertiary/aromatic N) is 3. The van der Waals surface area contributed by atoms with Crippen LogP contribution in [-0.4, -0.2) is 64.0 Å². The third kappa shape index (κ3) is 6.50. The molecule has 10 heteroatoms. The normalized spacial score (nSPS) is 12.8. The largest absolute Gasteiger partial charge is 0.477 e. The summed E-state index contributed by atoms with van der Waals surface area (Å²) in [6.07, 6.45) is -0.698. The van der Waals surface area contributed by atoms with Gasteiger partial charge in [-0.3, -0.25) is 14.4 Å². The van der Waals surface area contributed by atoms with Crippen molar-refractivity contribution in [1.29, 1.82) is 0 Å². The predicted molar refractivity (Wildman–Crippen MR) is 157 cm³/mol. The molecule has 0 fully saturated rings. The van der Waals surface area contributed by atoms with E-state index in [-0.39, 0.29) is 31.3 Å². The Morgan fingerprint density at radius 1 is 0.976 bits per heavy atom. The Balaban J connectivity index is 1.25. The van der Waals surface area contributed by atoms with E-state index in [1.54, 1.807) is 0 Å². The molecule has 4 aromatic rings. The number of fused-ring (bicyclic) bond motifs is 3. The zero-order valence-electron chi connectivity index (χ0n) is 23.5. The van der Waals surface area contributed by atoms with Crippen molar-refractivity contribution in [3.05, 3.63) is 113 Å². The second kappa shape index (κ2) is 12.7. The van der Waals surface area contributed by atoms with Gasteiger partial charge in [0.15, 0.2) is 0 Å². The fraction of sp³-hybridized carbons (Fsp3) is 0.250. The van der Waals surface area contributed by atoms with Crippen LogP contribution in [0.4, 0.5) is 4.79 Å². The number of aryl methyl sites for hydroxylation is 1. The molecule has 1 unspecified atom stereocenters. The molecule has 5 rings (SSSR count). The lowest BCUT2D eigenvalue weighted by Crippen LogP contribution is -2.52. The number of aromatic carboxylic acids is 1. The van der Waals surface area contributed by atoms with E-state index in [0.717, 1.165) is 27.8 Å². The smallest absolute Gasteiger partial charge is 0.407 e. The number of carboxylic acids is 1. The average molecular weight is 568 g/mol. The van der Waals surface area contributed by atoms with E-state index >= 15 is 0 Å². The standard InChI is InChI=1S/C32H33N5O5/c1-36(18-21-10-4-3-5-11-21)19-28(30(38)33-17-22-16-29(31(39)40)37(2)35-22)34-32(41)42-20-27-25-14-8-6-12-23(25)24-13-7-9-15-26(24)27/h3-16,27-28H,17-20H2,1-2H3,(H,33,38)(H,34,41)(H,39,40). The van der Waals surface area contributed by atoms with Crippen LogP contribution in [0.3, 0.4) is 0 Å². The topological polar surface area (TPSA) is 126 Å². The Morgan fingerprint density at radius 2 is 1.60 bits per heavy atom. The summed E-state index contributed by atoms with van der Waals surface area (Å²) >= 11 is 0. The number of alkyl carbamates (subject to hydrolysis) is 1. The van der Waals surface area contributed by atoms with Gasteiger partial charge in [0.05, 0.1) is 12.2 Å². The molecular formula is C32H33N5O5. The van der Waals surface area contributed by atoms with Gasteiger partial charge in [0.1, 0.15) is 18.3 Å². The van der Waals surface area contributed by atoms with Crippen molar-refractivity contribution in [3.8, 4) is 11.1 Å². The Kier molecular flexibility index (Phi) is 8.63. The molecule has 3 aromatic carbocycles. The Hall–Kier alpha value is -4.96. The fourth-order valence-electron chi connectivity index (χ4n) is 5.36. The summed E-state index contributed by atoms with van der Waals surface area (Å²) in [5, 5.41) is 19.0. The molecule has 1 aromatic heterocycles. The number of carboxylic acid groups (broad SMARTS) is 1. The lowest BCUT2D eigenvalue weighted by atomic mass is 9.98. The number of carbonyl (C=O) groups is 3. The maximum atomic E-state index is 13.3. The van der Waals surface area contributed by atoms with Crippen molar-refractivity contribution in [2.75, 3.05) is 20.2 Å². The Bertz CT molecular complexity index is 1540. The number of hydrogen-bond donors (Lipinski definition) is 3. The number of aromatic nitrogens is 2. The van der Waals surface area contributed by atoms with Crippen LogP contribution in [0.1, 0.15) is 38.8 Å². The number of nitrogens with one attached hydrogen (secondary N) is 2. The summed E-state index contributed by atoms with van der Waals surface area (Å²) in [4.78, 5) is 39.6. The summed E-state index contributed by atoms with van der Waals surface area (Å²) in [5.74, 6) is -1.66. The van der Waals surface area contributed by atoms with Gasteiger partial charge in [-0.2, -0.15) is 5.10 Å². The van der Waals surface area contributed by atoms with Crippen LogP contribution in [-0.2, 0) is 29.7 Å². The molecule has 0 bridgehead atoms. The van der Waals surface area contributed by atoms with E-state index in [2.05, 4.69) is 27.9 Å². The van der Waals surface area contributed by atoms with Crippen molar-refractivity contribution in [3.63, 3.8) is 0 Å². The van der Waals surface area contributed by atoms with E-state index in [1.165, 1.54) is 17.8 Å². The highest BCUT2D eigenvalue weighted by molar-refractivity contribution is 5.87. The number of carbonyl (C=O) groups excluding carboxylic acids is 2. The molecule has 0 saturated heterocycles. The molecule has 10 nitrogen and oxygen atoms in total. The molecule has 1 aliphatic carbocycles. The molecule has 0 aliphatic heterocycles. The second-order valence-corrected chi connectivity index (χ2v) is 10.4. The van der Waals surface area contributed by atoms with Crippen molar-refractivity contribution in [2.45, 2.75) is 25.0 Å². The van der Waals surface area contributed by atoms with E-state index in [1.807, 2.05) is 78.7 Å². The van der Waals surface area contributed by atoms with Crippen LogP contribution in [0, 0.1) is 0 Å². The van der Waals surface area contributed by atoms with Crippen molar-refractivity contribution < 1.29 is 24.2 Å². The first-order chi connectivity index (χ1) is 20.3. The van der Waals surface area contributed by atoms with E-state index in [9.17, 15) is 19.5 Å². The Morgan fingerprint density at radius 3 is 2.21 bits per heavy atom. The number of benzene rings is 3. The number of rotatable bonds is 11. The third-order valence-electron chi connectivity index (χ3n) is 7.34. The predicted octanol–water partition coefficient (Wildman–Crippen LogP) is 3.77. The monoisotopic (exact) mass is 567 g/mol. The maximum absolute atomic E-state index is 13.3. The minimum atomic E-state index is -1.11. The van der Waals surface area contributed by atoms with Gasteiger partial charge in [-0.15, -0.1) is 0 Å². The second-order valence-electron chi connectivity index (χ2n) is 10.4. The molecule has 0 saturated carbocycles. The van der Waals surface area contributed by atoms with E-state index in [4.69, 9.17) is 4.74 Å². The van der Waals surface area contributed by atoms with Gasteiger partial charge < -0.3 is 20.5 Å². The highest BCUT2D eigenvalue weighted by Gasteiger charge is 2.30. The molecule has 0 spiro atoms. The number of amides is 2. The van der Waals surface area contributed by atoms with Crippen LogP contribution >= 0.6 is 0 Å². The van der Waals surface area contributed by atoms with Crippen LogP contribution in [0.2, 0.25) is 0 Å². The molecule has 3 N–H and O–H groups in total. The van der Waals surface area contributed by atoms with Gasteiger partial charge in [0.25, 0.3) is 0 Å². The van der Waals surface area contributed by atoms with E-state index in [0.29, 0.717) is 12.2 Å². The van der Waals surface area contributed by atoms with Gasteiger partial charge in [0, 0.05) is 26.1 Å². The first kappa shape index (κ1) is 28.6. The van der Waals surface area contributed by atoms with Gasteiger partial charge >= 0.3 is 12.1 Å². The van der Waals surface area contributed by atoms with Crippen LogP contribution in [0.25, 0.3) is 11.1 Å². The molecule has 1 heterocycles. The molecule has 1 aliphatic rings. The molecule has 1 atom stereocenters. The Labute approximate surface area is 243 Å². The molecule has 42 heavy (non-hydrogen) atoms. The SMILES string of the molecule is CN(Cc1ccccc1)CC(NC(=O)OCC1c2ccccc2-c2ccccc21)C(=O)NCc1cc(C(=O)O)n(C)n1. The van der Waals surface area contributed by atoms with Gasteiger partial charge in [0.2, 0.25) is 5.91 Å². The lowest BCUT2D eigenvalue weighted by Gasteiger charge is -2.24. The fourth-order valence-corrected chi connectivity index (χ4v) is 5.36. The number of hydrogen-bond acceptors (Lipinski definition) is 6. The molecule has 216 valence electrons. The minimum Gasteiger partial charge on any atom is -0.477 e. The molecule has 2 amide bonds. The lowest BCUT2D eigenvalue weighted by molar-refractivity contribution is -0.123. The van der Waals surface area contributed by atoms with Gasteiger partial charge in [-0.05, 0) is 40.9 Å². The van der Waals surface area contributed by atoms with Crippen LogP contribution in [0.15, 0.2) is 84.9 Å². The highest BCUT2D eigenvalue weighted by Crippen LogP contribution is 2.44. The van der Waals surface area contributed by atoms with Crippen molar-refractivity contribution in [1.82, 2.24) is 25.3 Å². The van der Waals surface area contributed by atoms with Crippen LogP contribution in [0.5, 0.6) is 0 Å². The van der Waals surface area contributed by atoms with E-state index < -0.39 is 24.0 Å². The van der Waals surface area contributed by atoms with Crippen molar-refractivity contribution >= 4 is 18.0 Å². The molecule has 0 radical (unpaired) electrons. The zero-order chi connectivity index (χ0) is 29.6. The summed E-state index contributed by atoms with van der Waals surface area (Å²) in [5.41, 5.74) is 5.91. The quantitative estimate of drug-likeness (QED) is 0.252. The summed E-state index contributed by atoms with van der Waals surface area (Å²) < 4.78 is 6.94. The zero-order valence-corrected chi connectivity index (χ0v) is 23.5. The van der Waals surface area contributed by atoms with Crippen molar-refractivity contribution in [2.24, 2.45) is 7.05 Å². The molecular weight excluding hydrogens is 534 g/mol. The third-order valence-corrected chi connectivity index (χ3v) is 7.34. The minimum absolute atomic E-state index is 0.00518. The maximum Gasteiger partial charge on any atom is 0.407 e. The first-order valence-corrected chi connectivity index (χ1v) is 13.7. The highest BCUT2D eigenvalue weighted by atomic mass is 16.5. The number of likely N-dealkylation sites (N-methyl/N-ethyl adjacent to an activating group) is 1. The number of ether oxygens (including phenoxy) is 1. The van der Waals surface area contributed by atoms with Gasteiger partial charge in [-0.1, -0.05) is 78.9 Å².